The van der Waals surface area contributed by atoms with Crippen LogP contribution in [-0.4, -0.2) is 12.3 Å². The Kier molecular flexibility index (Phi) is 7.11. The molecule has 0 radical (unpaired) electrons. The zero-order valence-electron chi connectivity index (χ0n) is 32.8. The average molecular weight is 744 g/mol. The van der Waals surface area contributed by atoms with Gasteiger partial charge in [-0.15, -0.1) is 0 Å². The summed E-state index contributed by atoms with van der Waals surface area (Å²) in [4.78, 5) is 7.81. The molecule has 2 atom stereocenters. The second kappa shape index (κ2) is 12.4. The fourth-order valence-corrected chi connectivity index (χ4v) is 10.9. The second-order valence-corrected chi connectivity index (χ2v) is 16.9. The maximum atomic E-state index is 2.70. The van der Waals surface area contributed by atoms with E-state index in [1.165, 1.54) is 84.8 Å². The number of rotatable bonds is 5. The smallest absolute Gasteiger partial charge is 0.252 e. The quantitative estimate of drug-likeness (QED) is 0.163. The number of hydrogen-bond acceptors (Lipinski definition) is 3. The van der Waals surface area contributed by atoms with Crippen molar-refractivity contribution < 1.29 is 0 Å². The standard InChI is InChI=1S/C54H42BN3/c1-53-31-32-54(53,2)58(47-27-14-12-25-44(47)53)43-35-50-52-51(36-43)57(42-24-16-21-39(33-42)37-17-6-3-7-18-37)49-34-40(38-19-8-4-9-20-38)29-30-46(49)55(52)45-26-13-15-28-48(45)56(50)41-22-10-5-11-23-41/h3-30,33-36H,31-32H2,1-2H3. The Bertz CT molecular complexity index is 2910. The summed E-state index contributed by atoms with van der Waals surface area (Å²) in [5.41, 5.74) is 20.1. The molecule has 0 N–H and O–H groups in total. The lowest BCUT2D eigenvalue weighted by Crippen LogP contribution is -2.62. The van der Waals surface area contributed by atoms with Gasteiger partial charge in [-0.2, -0.15) is 0 Å². The van der Waals surface area contributed by atoms with Crippen LogP contribution in [0, 0.1) is 0 Å². The van der Waals surface area contributed by atoms with Gasteiger partial charge >= 0.3 is 0 Å². The molecule has 1 saturated carbocycles. The molecule has 0 aromatic heterocycles. The summed E-state index contributed by atoms with van der Waals surface area (Å²) in [5.74, 6) is 0. The molecule has 8 aromatic carbocycles. The van der Waals surface area contributed by atoms with Crippen LogP contribution in [0.1, 0.15) is 32.3 Å². The molecule has 3 aliphatic heterocycles. The first-order valence-corrected chi connectivity index (χ1v) is 20.7. The Hall–Kier alpha value is -6.78. The van der Waals surface area contributed by atoms with E-state index in [1.54, 1.807) is 0 Å². The third-order valence-electron chi connectivity index (χ3n) is 14.1. The van der Waals surface area contributed by atoms with Crippen molar-refractivity contribution in [2.75, 3.05) is 14.7 Å². The maximum absolute atomic E-state index is 2.70. The average Bonchev–Trinajstić information content (AvgIpc) is 3.41. The van der Waals surface area contributed by atoms with Gasteiger partial charge in [0.15, 0.2) is 0 Å². The highest BCUT2D eigenvalue weighted by atomic mass is 15.3. The topological polar surface area (TPSA) is 9.72 Å². The van der Waals surface area contributed by atoms with Gasteiger partial charge in [-0.05, 0) is 119 Å². The van der Waals surface area contributed by atoms with Gasteiger partial charge in [0, 0.05) is 50.9 Å². The number of hydrogen-bond donors (Lipinski definition) is 0. The molecule has 58 heavy (non-hydrogen) atoms. The molecule has 1 aliphatic carbocycles. The minimum Gasteiger partial charge on any atom is -0.334 e. The summed E-state index contributed by atoms with van der Waals surface area (Å²) < 4.78 is 0. The van der Waals surface area contributed by atoms with Gasteiger partial charge in [0.1, 0.15) is 0 Å². The van der Waals surface area contributed by atoms with Crippen LogP contribution in [0.3, 0.4) is 0 Å². The highest BCUT2D eigenvalue weighted by Gasteiger charge is 2.63. The third-order valence-corrected chi connectivity index (χ3v) is 14.1. The molecular weight excluding hydrogens is 701 g/mol. The first kappa shape index (κ1) is 33.4. The van der Waals surface area contributed by atoms with Crippen LogP contribution in [0.4, 0.5) is 45.5 Å². The van der Waals surface area contributed by atoms with Crippen LogP contribution in [0.2, 0.25) is 0 Å². The number of fused-ring (bicyclic) bond motifs is 7. The first-order chi connectivity index (χ1) is 28.5. The molecule has 0 amide bonds. The SMILES string of the molecule is CC12CCC1(C)N(c1cc3c4c(c1)N(c1cccc(-c5ccccc5)c1)c1cc(-c5ccccc5)ccc1B4c1ccccc1N3c1ccccc1)c1ccccc12. The Morgan fingerprint density at radius 1 is 0.397 bits per heavy atom. The zero-order valence-corrected chi connectivity index (χ0v) is 32.8. The molecule has 1 fully saturated rings. The van der Waals surface area contributed by atoms with Gasteiger partial charge < -0.3 is 14.7 Å². The lowest BCUT2D eigenvalue weighted by molar-refractivity contribution is 0.133. The molecule has 276 valence electrons. The molecule has 4 aliphatic rings. The molecule has 0 saturated heterocycles. The molecule has 0 bridgehead atoms. The van der Waals surface area contributed by atoms with E-state index < -0.39 is 0 Å². The monoisotopic (exact) mass is 743 g/mol. The predicted octanol–water partition coefficient (Wildman–Crippen LogP) is 12.1. The van der Waals surface area contributed by atoms with Crippen LogP contribution < -0.4 is 31.1 Å². The second-order valence-electron chi connectivity index (χ2n) is 16.9. The molecule has 3 nitrogen and oxygen atoms in total. The minimum absolute atomic E-state index is 0.0408. The number of benzene rings is 8. The van der Waals surface area contributed by atoms with E-state index in [9.17, 15) is 0 Å². The lowest BCUT2D eigenvalue weighted by atomic mass is 9.33. The van der Waals surface area contributed by atoms with E-state index in [-0.39, 0.29) is 17.7 Å². The minimum atomic E-state index is -0.0493. The largest absolute Gasteiger partial charge is 0.334 e. The third kappa shape index (κ3) is 4.57. The summed E-state index contributed by atoms with van der Waals surface area (Å²) in [5, 5.41) is 0. The van der Waals surface area contributed by atoms with Crippen molar-refractivity contribution in [3.63, 3.8) is 0 Å². The molecular formula is C54H42BN3. The zero-order chi connectivity index (χ0) is 38.6. The van der Waals surface area contributed by atoms with Crippen LogP contribution in [0.5, 0.6) is 0 Å². The van der Waals surface area contributed by atoms with Crippen molar-refractivity contribution in [2.45, 2.75) is 37.6 Å². The van der Waals surface area contributed by atoms with Crippen LogP contribution >= 0.6 is 0 Å². The lowest BCUT2D eigenvalue weighted by Gasteiger charge is -2.56. The van der Waals surface area contributed by atoms with E-state index in [0.717, 1.165) is 17.8 Å². The van der Waals surface area contributed by atoms with Crippen LogP contribution in [-0.2, 0) is 5.41 Å². The Morgan fingerprint density at radius 2 is 0.948 bits per heavy atom. The summed E-state index contributed by atoms with van der Waals surface area (Å²) in [6, 6.07) is 72.2. The highest BCUT2D eigenvalue weighted by Crippen LogP contribution is 2.65. The van der Waals surface area contributed by atoms with Crippen molar-refractivity contribution in [1.29, 1.82) is 0 Å². The fraction of sp³-hybridized carbons (Fsp3) is 0.111. The van der Waals surface area contributed by atoms with Gasteiger partial charge in [0.25, 0.3) is 6.71 Å². The predicted molar refractivity (Wildman–Crippen MR) is 245 cm³/mol. The van der Waals surface area contributed by atoms with E-state index >= 15 is 0 Å². The molecule has 0 spiro atoms. The molecule has 3 heterocycles. The van der Waals surface area contributed by atoms with Crippen molar-refractivity contribution >= 4 is 68.6 Å². The maximum Gasteiger partial charge on any atom is 0.252 e. The van der Waals surface area contributed by atoms with Crippen LogP contribution in [0.15, 0.2) is 194 Å². The Labute approximate surface area is 341 Å². The highest BCUT2D eigenvalue weighted by molar-refractivity contribution is 7.00. The Morgan fingerprint density at radius 3 is 1.64 bits per heavy atom. The summed E-state index contributed by atoms with van der Waals surface area (Å²) in [7, 11) is 0. The normalized spacial score (nSPS) is 19.4. The molecule has 12 rings (SSSR count). The van der Waals surface area contributed by atoms with Gasteiger partial charge in [0.05, 0.1) is 5.54 Å². The molecule has 8 aromatic rings. The van der Waals surface area contributed by atoms with Crippen molar-refractivity contribution in [3.05, 3.63) is 200 Å². The van der Waals surface area contributed by atoms with Gasteiger partial charge in [-0.3, -0.25) is 0 Å². The summed E-state index contributed by atoms with van der Waals surface area (Å²) in [6.45, 7) is 5.03. The van der Waals surface area contributed by atoms with Gasteiger partial charge in [-0.25, -0.2) is 0 Å². The first-order valence-electron chi connectivity index (χ1n) is 20.7. The molecule has 4 heteroatoms. The number of nitrogens with zero attached hydrogens (tertiary/aromatic N) is 3. The number of para-hydroxylation sites is 3. The van der Waals surface area contributed by atoms with E-state index in [1.807, 2.05) is 0 Å². The van der Waals surface area contributed by atoms with Crippen molar-refractivity contribution in [3.8, 4) is 22.3 Å². The Balaban J connectivity index is 1.19. The summed E-state index contributed by atoms with van der Waals surface area (Å²) in [6.07, 6.45) is 2.33. The van der Waals surface area contributed by atoms with Gasteiger partial charge in [0.2, 0.25) is 0 Å². The van der Waals surface area contributed by atoms with Crippen molar-refractivity contribution in [1.82, 2.24) is 0 Å². The van der Waals surface area contributed by atoms with E-state index in [0.29, 0.717) is 0 Å². The molecule has 2 unspecified atom stereocenters. The summed E-state index contributed by atoms with van der Waals surface area (Å²) >= 11 is 0. The number of anilines is 8. The van der Waals surface area contributed by atoms with Crippen molar-refractivity contribution in [2.24, 2.45) is 0 Å². The van der Waals surface area contributed by atoms with Crippen LogP contribution in [0.25, 0.3) is 22.3 Å². The van der Waals surface area contributed by atoms with E-state index in [2.05, 4.69) is 223 Å². The fourth-order valence-electron chi connectivity index (χ4n) is 10.9. The van der Waals surface area contributed by atoms with Gasteiger partial charge in [-0.1, -0.05) is 146 Å². The van der Waals surface area contributed by atoms with E-state index in [4.69, 9.17) is 0 Å².